The van der Waals surface area contributed by atoms with Crippen molar-refractivity contribution in [1.82, 2.24) is 9.80 Å². The third kappa shape index (κ3) is 3.95. The summed E-state index contributed by atoms with van der Waals surface area (Å²) >= 11 is 3.18. The summed E-state index contributed by atoms with van der Waals surface area (Å²) in [6, 6.07) is 4.03. The summed E-state index contributed by atoms with van der Waals surface area (Å²) in [5.74, 6) is 0. The van der Waals surface area contributed by atoms with Gasteiger partial charge in [0.05, 0.1) is 5.56 Å². The molecule has 1 N–H and O–H groups in total. The summed E-state index contributed by atoms with van der Waals surface area (Å²) < 4.78 is 39.5. The highest BCUT2D eigenvalue weighted by atomic mass is 79.9. The van der Waals surface area contributed by atoms with Crippen molar-refractivity contribution >= 4 is 22.0 Å². The van der Waals surface area contributed by atoms with Crippen LogP contribution in [0.1, 0.15) is 36.8 Å². The lowest BCUT2D eigenvalue weighted by Gasteiger charge is -2.44. The molecule has 1 aromatic carbocycles. The van der Waals surface area contributed by atoms with Crippen LogP contribution in [0, 0.1) is 0 Å². The maximum absolute atomic E-state index is 13.0. The zero-order valence-electron chi connectivity index (χ0n) is 13.7. The van der Waals surface area contributed by atoms with Crippen LogP contribution < -0.4 is 0 Å². The topological polar surface area (TPSA) is 43.8 Å². The first-order valence-corrected chi connectivity index (χ1v) is 9.09. The van der Waals surface area contributed by atoms with Crippen LogP contribution in [0.2, 0.25) is 0 Å². The average molecular weight is 421 g/mol. The Balaban J connectivity index is 1.76. The van der Waals surface area contributed by atoms with E-state index in [0.29, 0.717) is 29.7 Å². The van der Waals surface area contributed by atoms with Gasteiger partial charge in [-0.1, -0.05) is 15.9 Å². The van der Waals surface area contributed by atoms with Gasteiger partial charge in [0, 0.05) is 29.6 Å². The van der Waals surface area contributed by atoms with Crippen molar-refractivity contribution in [3.05, 3.63) is 33.8 Å². The van der Waals surface area contributed by atoms with E-state index in [2.05, 4.69) is 20.8 Å². The summed E-state index contributed by atoms with van der Waals surface area (Å²) in [6.07, 6.45) is -1.83. The molecule has 2 aliphatic heterocycles. The number of carboxylic acid groups (broad SMARTS) is 1. The van der Waals surface area contributed by atoms with Crippen LogP contribution in [0.15, 0.2) is 22.7 Å². The van der Waals surface area contributed by atoms with E-state index in [4.69, 9.17) is 5.11 Å². The van der Waals surface area contributed by atoms with E-state index in [1.165, 1.54) is 11.0 Å². The fourth-order valence-electron chi connectivity index (χ4n) is 4.05. The molecule has 1 spiro atoms. The summed E-state index contributed by atoms with van der Waals surface area (Å²) in [4.78, 5) is 14.8. The molecule has 3 rings (SSSR count). The number of benzene rings is 1. The zero-order chi connectivity index (χ0) is 18.2. The summed E-state index contributed by atoms with van der Waals surface area (Å²) in [5, 5.41) is 9.11. The Hall–Kier alpha value is -1.28. The van der Waals surface area contributed by atoms with Gasteiger partial charge in [0.15, 0.2) is 0 Å². The van der Waals surface area contributed by atoms with Crippen molar-refractivity contribution in [1.29, 1.82) is 0 Å². The van der Waals surface area contributed by atoms with Gasteiger partial charge in [-0.3, -0.25) is 4.90 Å². The highest BCUT2D eigenvalue weighted by Gasteiger charge is 2.43. The van der Waals surface area contributed by atoms with E-state index < -0.39 is 17.8 Å². The van der Waals surface area contributed by atoms with E-state index in [1.54, 1.807) is 6.07 Å². The second-order valence-electron chi connectivity index (χ2n) is 6.86. The summed E-state index contributed by atoms with van der Waals surface area (Å²) in [6.45, 7) is 2.26. The molecule has 4 nitrogen and oxygen atoms in total. The number of hydrogen-bond donors (Lipinski definition) is 1. The first-order chi connectivity index (χ1) is 11.7. The largest absolute Gasteiger partial charge is 0.465 e. The minimum Gasteiger partial charge on any atom is -0.465 e. The smallest absolute Gasteiger partial charge is 0.416 e. The van der Waals surface area contributed by atoms with Crippen molar-refractivity contribution in [2.75, 3.05) is 19.6 Å². The molecule has 0 aromatic heterocycles. The van der Waals surface area contributed by atoms with Gasteiger partial charge in [0.2, 0.25) is 0 Å². The van der Waals surface area contributed by atoms with Crippen LogP contribution in [-0.2, 0) is 12.7 Å². The fraction of sp³-hybridized carbons (Fsp3) is 0.588. The van der Waals surface area contributed by atoms with Crippen LogP contribution in [-0.4, -0.2) is 46.2 Å². The maximum Gasteiger partial charge on any atom is 0.416 e. The Kier molecular flexibility index (Phi) is 5.03. The number of halogens is 4. The molecule has 0 unspecified atom stereocenters. The molecule has 2 aliphatic rings. The molecule has 8 heteroatoms. The van der Waals surface area contributed by atoms with E-state index >= 15 is 0 Å². The van der Waals surface area contributed by atoms with Gasteiger partial charge in [-0.05, 0) is 56.0 Å². The van der Waals surface area contributed by atoms with E-state index in [-0.39, 0.29) is 5.54 Å². The van der Waals surface area contributed by atoms with Crippen LogP contribution >= 0.6 is 15.9 Å². The highest BCUT2D eigenvalue weighted by Crippen LogP contribution is 2.40. The number of alkyl halides is 3. The minimum absolute atomic E-state index is 0.0906. The van der Waals surface area contributed by atoms with Gasteiger partial charge in [-0.15, -0.1) is 0 Å². The van der Waals surface area contributed by atoms with Gasteiger partial charge in [-0.25, -0.2) is 4.79 Å². The second-order valence-corrected chi connectivity index (χ2v) is 7.78. The molecule has 2 fully saturated rings. The molecule has 0 saturated carbocycles. The Morgan fingerprint density at radius 1 is 1.16 bits per heavy atom. The number of carbonyl (C=O) groups is 1. The molecule has 25 heavy (non-hydrogen) atoms. The zero-order valence-corrected chi connectivity index (χ0v) is 15.2. The molecule has 0 atom stereocenters. The molecule has 0 radical (unpaired) electrons. The lowest BCUT2D eigenvalue weighted by Crippen LogP contribution is -2.52. The lowest BCUT2D eigenvalue weighted by molar-refractivity contribution is -0.137. The SMILES string of the molecule is O=C(O)N1CCC2(CCCN2Cc2cc(Br)cc(C(F)(F)F)c2)CC1. The van der Waals surface area contributed by atoms with Gasteiger partial charge in [-0.2, -0.15) is 13.2 Å². The Morgan fingerprint density at radius 3 is 2.44 bits per heavy atom. The Morgan fingerprint density at radius 2 is 1.84 bits per heavy atom. The van der Waals surface area contributed by atoms with Crippen molar-refractivity contribution < 1.29 is 23.1 Å². The summed E-state index contributed by atoms with van der Waals surface area (Å²) in [5.41, 5.74) is -0.110. The number of likely N-dealkylation sites (tertiary alicyclic amines) is 2. The van der Waals surface area contributed by atoms with Crippen LogP contribution in [0.4, 0.5) is 18.0 Å². The summed E-state index contributed by atoms with van der Waals surface area (Å²) in [7, 11) is 0. The normalized spacial score (nSPS) is 21.0. The van der Waals surface area contributed by atoms with Crippen LogP contribution in [0.25, 0.3) is 0 Å². The van der Waals surface area contributed by atoms with Gasteiger partial charge >= 0.3 is 12.3 Å². The number of nitrogens with zero attached hydrogens (tertiary/aromatic N) is 2. The number of amides is 1. The first kappa shape index (κ1) is 18.5. The van der Waals surface area contributed by atoms with Gasteiger partial charge in [0.1, 0.15) is 0 Å². The standard InChI is InChI=1S/C17H20BrF3N2O2/c18-14-9-12(8-13(10-14)17(19,20)21)11-23-5-1-2-16(23)3-6-22(7-4-16)15(24)25/h8-10H,1-7,11H2,(H,24,25). The predicted octanol–water partition coefficient (Wildman–Crippen LogP) is 4.58. The van der Waals surface area contributed by atoms with Crippen molar-refractivity contribution in [2.45, 2.75) is 43.9 Å². The number of piperidine rings is 1. The molecule has 0 aliphatic carbocycles. The Bertz CT molecular complexity index is 658. The molecule has 138 valence electrons. The van der Waals surface area contributed by atoms with Crippen LogP contribution in [0.5, 0.6) is 0 Å². The van der Waals surface area contributed by atoms with Crippen LogP contribution in [0.3, 0.4) is 0 Å². The Labute approximate surface area is 152 Å². The number of hydrogen-bond acceptors (Lipinski definition) is 2. The predicted molar refractivity (Wildman–Crippen MR) is 90.4 cm³/mol. The molecule has 2 heterocycles. The molecular weight excluding hydrogens is 401 g/mol. The monoisotopic (exact) mass is 420 g/mol. The van der Waals surface area contributed by atoms with Crippen molar-refractivity contribution in [3.8, 4) is 0 Å². The third-order valence-electron chi connectivity index (χ3n) is 5.36. The molecule has 2 saturated heterocycles. The van der Waals surface area contributed by atoms with E-state index in [1.807, 2.05) is 0 Å². The quantitative estimate of drug-likeness (QED) is 0.761. The lowest BCUT2D eigenvalue weighted by atomic mass is 9.85. The highest BCUT2D eigenvalue weighted by molar-refractivity contribution is 9.10. The number of rotatable bonds is 2. The maximum atomic E-state index is 13.0. The van der Waals surface area contributed by atoms with Gasteiger partial charge in [0.25, 0.3) is 0 Å². The molecule has 0 bridgehead atoms. The molecule has 1 aromatic rings. The van der Waals surface area contributed by atoms with E-state index in [9.17, 15) is 18.0 Å². The second kappa shape index (κ2) is 6.79. The van der Waals surface area contributed by atoms with E-state index in [0.717, 1.165) is 38.3 Å². The minimum atomic E-state index is -4.37. The molecular formula is C17H20BrF3N2O2. The van der Waals surface area contributed by atoms with Crippen molar-refractivity contribution in [3.63, 3.8) is 0 Å². The fourth-order valence-corrected chi connectivity index (χ4v) is 4.59. The van der Waals surface area contributed by atoms with Crippen molar-refractivity contribution in [2.24, 2.45) is 0 Å². The molecule has 1 amide bonds. The van der Waals surface area contributed by atoms with Gasteiger partial charge < -0.3 is 10.0 Å². The third-order valence-corrected chi connectivity index (χ3v) is 5.82. The average Bonchev–Trinajstić information content (AvgIpc) is 2.88. The first-order valence-electron chi connectivity index (χ1n) is 8.29.